The molecule has 2 aromatic carbocycles. The third kappa shape index (κ3) is 13.6. The van der Waals surface area contributed by atoms with E-state index in [9.17, 15) is 43.7 Å². The number of hydrogen-bond acceptors (Lipinski definition) is 13. The summed E-state index contributed by atoms with van der Waals surface area (Å²) < 4.78 is 166. The monoisotopic (exact) mass is 807 g/mol. The van der Waals surface area contributed by atoms with Crippen LogP contribution in [0.25, 0.3) is 10.1 Å². The molecule has 1 heterocycles. The van der Waals surface area contributed by atoms with E-state index >= 15 is 8.78 Å². The lowest BCUT2D eigenvalue weighted by Gasteiger charge is -2.13. The number of nitrogens with one attached hydrogen (secondary N) is 1. The second-order valence-corrected chi connectivity index (χ2v) is 12.5. The zero-order valence-corrected chi connectivity index (χ0v) is 27.4. The molecule has 0 amide bonds. The molecule has 0 aliphatic rings. The molecule has 0 fully saturated rings. The van der Waals surface area contributed by atoms with Crippen LogP contribution in [0.3, 0.4) is 0 Å². The molecule has 27 heteroatoms. The fourth-order valence-electron chi connectivity index (χ4n) is 2.84. The number of aliphatic carboxylic acids is 2. The largest absolute Gasteiger partial charge is 0.751 e. The van der Waals surface area contributed by atoms with Crippen LogP contribution in [0.1, 0.15) is 5.56 Å². The molecule has 1 aromatic heterocycles. The summed E-state index contributed by atoms with van der Waals surface area (Å²) in [5.74, 6) is -10.2. The minimum atomic E-state index is -5.19. The summed E-state index contributed by atoms with van der Waals surface area (Å²) in [7, 11) is -7.31. The van der Waals surface area contributed by atoms with Crippen LogP contribution in [0.15, 0.2) is 28.5 Å². The minimum Gasteiger partial charge on any atom is -0.542 e. The molecule has 0 aliphatic heterocycles. The molecule has 1 atom stereocenters. The fourth-order valence-corrected chi connectivity index (χ4v) is 5.75. The van der Waals surface area contributed by atoms with Gasteiger partial charge in [0.05, 0.1) is 10.3 Å². The predicted octanol–water partition coefficient (Wildman–Crippen LogP) is 0.0177. The lowest BCUT2D eigenvalue weighted by molar-refractivity contribution is -0.372. The van der Waals surface area contributed by atoms with Gasteiger partial charge in [0.15, 0.2) is 24.1 Å². The van der Waals surface area contributed by atoms with Crippen molar-refractivity contribution in [3.8, 4) is 23.3 Å². The Morgan fingerprint density at radius 2 is 1.41 bits per heavy atom. The van der Waals surface area contributed by atoms with E-state index in [0.29, 0.717) is 11.3 Å². The molecule has 1 unspecified atom stereocenters. The van der Waals surface area contributed by atoms with Crippen molar-refractivity contribution in [3.63, 3.8) is 0 Å². The van der Waals surface area contributed by atoms with Gasteiger partial charge in [-0.15, -0.1) is 11.3 Å². The lowest BCUT2D eigenvalue weighted by Crippen LogP contribution is -2.53. The minimum absolute atomic E-state index is 0.0343. The Labute approximate surface area is 284 Å². The van der Waals surface area contributed by atoms with Gasteiger partial charge in [0.1, 0.15) is 54.3 Å². The van der Waals surface area contributed by atoms with E-state index in [1.165, 1.54) is 6.07 Å². The van der Waals surface area contributed by atoms with Gasteiger partial charge < -0.3 is 40.7 Å². The van der Waals surface area contributed by atoms with Crippen molar-refractivity contribution in [1.29, 1.82) is 5.26 Å². The molecule has 3 aromatic rings. The van der Waals surface area contributed by atoms with E-state index in [0.717, 1.165) is 18.2 Å². The summed E-state index contributed by atoms with van der Waals surface area (Å²) in [4.78, 5) is 17.6. The predicted molar refractivity (Wildman–Crippen MR) is 146 cm³/mol. The Bertz CT molecular complexity index is 1800. The first kappa shape index (κ1) is 44.5. The average molecular weight is 808 g/mol. The number of nitrogens with zero attached hydrogens (tertiary/aromatic N) is 1. The number of alkyl halides is 6. The number of carbonyl (C=O) groups excluding carboxylic acids is 2. The average Bonchev–Trinajstić information content (AvgIpc) is 3.49. The Kier molecular flexibility index (Phi) is 16.8. The van der Waals surface area contributed by atoms with Crippen LogP contribution in [0, 0.1) is 28.8 Å². The SMILES string of the molecule is N#Cc1ccc(O[P+](=O)OCNS(=O)(=O)c2cc3c(F)c(OCC[NH3+])c(OCC[NH3+])c(F)c3s2)cc1F.O=C([O-])C(F)(F)F.O=C([O-])C(F)(F)F. The van der Waals surface area contributed by atoms with Crippen molar-refractivity contribution in [3.05, 3.63) is 47.3 Å². The van der Waals surface area contributed by atoms with Crippen molar-refractivity contribution in [2.45, 2.75) is 16.6 Å². The first-order valence-electron chi connectivity index (χ1n) is 12.8. The summed E-state index contributed by atoms with van der Waals surface area (Å²) in [6.07, 6.45) is -10.4. The molecule has 15 nitrogen and oxygen atoms in total. The standard InChI is InChI=1S/C20H19F3N4O7PS2.2C2HF3O2/c21-14-7-12(2-1-11(14)9-26)34-35(28)33-10-27-37(29,30)15-8-13-16(22)18(31-5-3-24)19(32-6-4-25)17(23)20(13)36-15;2*3-2(4,5)1(6)7/h1-2,7-8,27H,3-6,10,24-25H2;2*(H,6,7)/q+1;;. The second-order valence-electron chi connectivity index (χ2n) is 8.56. The van der Waals surface area contributed by atoms with Crippen LogP contribution in [0.4, 0.5) is 39.5 Å². The highest BCUT2D eigenvalue weighted by Gasteiger charge is 2.31. The van der Waals surface area contributed by atoms with Crippen molar-refractivity contribution >= 4 is 51.6 Å². The molecule has 0 saturated carbocycles. The highest BCUT2D eigenvalue weighted by Crippen LogP contribution is 2.44. The van der Waals surface area contributed by atoms with Crippen molar-refractivity contribution in [1.82, 2.24) is 4.72 Å². The summed E-state index contributed by atoms with van der Waals surface area (Å²) in [5.41, 5.74) is 6.89. The number of quaternary nitrogens is 2. The summed E-state index contributed by atoms with van der Waals surface area (Å²) in [6, 6.07) is 5.60. The molecule has 0 saturated heterocycles. The lowest BCUT2D eigenvalue weighted by atomic mass is 10.2. The van der Waals surface area contributed by atoms with Gasteiger partial charge in [0.2, 0.25) is 11.5 Å². The Balaban J connectivity index is 0.000000780. The van der Waals surface area contributed by atoms with Gasteiger partial charge in [-0.1, -0.05) is 4.52 Å². The van der Waals surface area contributed by atoms with Crippen LogP contribution >= 0.6 is 19.6 Å². The Morgan fingerprint density at radius 3 is 1.84 bits per heavy atom. The van der Waals surface area contributed by atoms with Gasteiger partial charge in [0.25, 0.3) is 10.0 Å². The van der Waals surface area contributed by atoms with E-state index in [4.69, 9.17) is 43.6 Å². The van der Waals surface area contributed by atoms with Gasteiger partial charge in [-0.3, -0.25) is 0 Å². The number of benzene rings is 2. The molecular weight excluding hydrogens is 786 g/mol. The summed E-state index contributed by atoms with van der Waals surface area (Å²) in [5, 5.41) is 25.9. The number of carboxylic acids is 2. The number of sulfonamides is 1. The van der Waals surface area contributed by atoms with Gasteiger partial charge in [-0.2, -0.15) is 36.3 Å². The maximum absolute atomic E-state index is 15.2. The van der Waals surface area contributed by atoms with E-state index in [2.05, 4.69) is 11.5 Å². The zero-order valence-electron chi connectivity index (χ0n) is 24.9. The maximum Gasteiger partial charge on any atom is 0.751 e. The number of carboxylic acid groups (broad SMARTS) is 2. The first-order chi connectivity index (χ1) is 23.5. The third-order valence-corrected chi connectivity index (χ3v) is 8.60. The summed E-state index contributed by atoms with van der Waals surface area (Å²) >= 11 is 0.435. The van der Waals surface area contributed by atoms with Crippen molar-refractivity contribution < 1.29 is 102 Å². The Hall–Kier alpha value is -4.51. The maximum atomic E-state index is 15.2. The van der Waals surface area contributed by atoms with Crippen LogP contribution in [0.5, 0.6) is 17.2 Å². The first-order valence-corrected chi connectivity index (χ1v) is 16.2. The van der Waals surface area contributed by atoms with E-state index in [1.807, 2.05) is 4.72 Å². The number of rotatable bonds is 13. The van der Waals surface area contributed by atoms with Gasteiger partial charge >= 0.3 is 20.6 Å². The van der Waals surface area contributed by atoms with E-state index in [1.54, 1.807) is 6.07 Å². The third-order valence-electron chi connectivity index (χ3n) is 4.92. The van der Waals surface area contributed by atoms with Gasteiger partial charge in [-0.25, -0.2) is 26.1 Å². The summed E-state index contributed by atoms with van der Waals surface area (Å²) in [6.45, 7) is -0.397. The van der Waals surface area contributed by atoms with Crippen molar-refractivity contribution in [2.24, 2.45) is 0 Å². The topological polar surface area (TPSA) is 259 Å². The molecule has 0 radical (unpaired) electrons. The van der Waals surface area contributed by atoms with Gasteiger partial charge in [-0.05, 0) is 18.2 Å². The van der Waals surface area contributed by atoms with Crippen LogP contribution in [-0.2, 0) is 28.7 Å². The molecule has 3 rings (SSSR count). The van der Waals surface area contributed by atoms with Gasteiger partial charge in [0, 0.05) is 16.0 Å². The quantitative estimate of drug-likeness (QED) is 0.117. The number of thiophene rings is 1. The highest BCUT2D eigenvalue weighted by atomic mass is 32.2. The number of halogens is 9. The number of nitriles is 1. The molecule has 0 bridgehead atoms. The van der Waals surface area contributed by atoms with E-state index < -0.39 is 82.5 Å². The normalized spacial score (nSPS) is 11.7. The molecule has 7 N–H and O–H groups in total. The van der Waals surface area contributed by atoms with Crippen LogP contribution in [0.2, 0.25) is 0 Å². The smallest absolute Gasteiger partial charge is 0.542 e. The second kappa shape index (κ2) is 19.2. The molecule has 0 aliphatic carbocycles. The van der Waals surface area contributed by atoms with Crippen LogP contribution < -0.4 is 40.4 Å². The highest BCUT2D eigenvalue weighted by molar-refractivity contribution is 7.91. The van der Waals surface area contributed by atoms with E-state index in [-0.39, 0.29) is 47.7 Å². The number of carbonyl (C=O) groups is 2. The zero-order chi connectivity index (χ0) is 39.3. The molecule has 0 spiro atoms. The molecular formula is C24H21F9N4O11PS2+. The number of hydrogen-bond donors (Lipinski definition) is 3. The Morgan fingerprint density at radius 1 is 0.922 bits per heavy atom. The van der Waals surface area contributed by atoms with Crippen molar-refractivity contribution in [2.75, 3.05) is 33.0 Å². The number of fused-ring (bicyclic) bond motifs is 1. The fraction of sp³-hybridized carbons (Fsp3) is 0.292. The number of ether oxygens (including phenoxy) is 2. The molecule has 51 heavy (non-hydrogen) atoms. The molecule has 282 valence electrons. The van der Waals surface area contributed by atoms with Crippen LogP contribution in [-0.4, -0.2) is 65.7 Å².